The Balaban J connectivity index is 2.52. The van der Waals surface area contributed by atoms with Crippen molar-refractivity contribution in [1.82, 2.24) is 0 Å². The van der Waals surface area contributed by atoms with E-state index in [9.17, 15) is 8.78 Å². The van der Waals surface area contributed by atoms with Crippen LogP contribution in [0.1, 0.15) is 16.7 Å². The zero-order valence-electron chi connectivity index (χ0n) is 14.5. The van der Waals surface area contributed by atoms with Crippen molar-refractivity contribution in [3.8, 4) is 29.0 Å². The maximum Gasteiger partial charge on any atom is 0.200 e. The lowest BCUT2D eigenvalue weighted by atomic mass is 10.1. The van der Waals surface area contributed by atoms with Crippen molar-refractivity contribution < 1.29 is 13.5 Å². The number of nitrogen functional groups attached to an aromatic ring is 1. The normalized spacial score (nSPS) is 10.6. The minimum absolute atomic E-state index is 0.0743. The van der Waals surface area contributed by atoms with Crippen LogP contribution in [0.25, 0.3) is 0 Å². The summed E-state index contributed by atoms with van der Waals surface area (Å²) >= 11 is 0. The molecule has 0 atom stereocenters. The van der Waals surface area contributed by atoms with E-state index in [1.165, 1.54) is 6.07 Å². The van der Waals surface area contributed by atoms with Crippen LogP contribution in [-0.4, -0.2) is 8.07 Å². The summed E-state index contributed by atoms with van der Waals surface area (Å²) in [5, 5.41) is 9.06. The van der Waals surface area contributed by atoms with Gasteiger partial charge in [-0.1, -0.05) is 31.6 Å². The minimum Gasteiger partial charge on any atom is -0.451 e. The predicted octanol–water partition coefficient (Wildman–Crippen LogP) is 4.75. The summed E-state index contributed by atoms with van der Waals surface area (Å²) in [4.78, 5) is 0. The second-order valence-corrected chi connectivity index (χ2v) is 11.4. The Hall–Kier alpha value is -2.83. The van der Waals surface area contributed by atoms with Crippen LogP contribution in [0, 0.1) is 41.4 Å². The van der Waals surface area contributed by atoms with E-state index in [0.29, 0.717) is 5.56 Å². The van der Waals surface area contributed by atoms with Crippen molar-refractivity contribution in [2.45, 2.75) is 26.6 Å². The van der Waals surface area contributed by atoms with E-state index >= 15 is 0 Å². The van der Waals surface area contributed by atoms with E-state index in [1.54, 1.807) is 19.1 Å². The summed E-state index contributed by atoms with van der Waals surface area (Å²) in [5.74, 6) is 0.432. The molecule has 2 N–H and O–H groups in total. The number of hydrogen-bond donors (Lipinski definition) is 1. The van der Waals surface area contributed by atoms with Gasteiger partial charge < -0.3 is 10.5 Å². The van der Waals surface area contributed by atoms with Crippen LogP contribution in [0.15, 0.2) is 24.3 Å². The Morgan fingerprint density at radius 3 is 2.44 bits per heavy atom. The first kappa shape index (κ1) is 18.5. The molecule has 3 nitrogen and oxygen atoms in total. The molecule has 0 aliphatic heterocycles. The van der Waals surface area contributed by atoms with Crippen molar-refractivity contribution in [1.29, 1.82) is 5.26 Å². The van der Waals surface area contributed by atoms with Crippen LogP contribution in [0.2, 0.25) is 19.6 Å². The minimum atomic E-state index is -1.76. The summed E-state index contributed by atoms with van der Waals surface area (Å²) in [7, 11) is -1.76. The fourth-order valence-corrected chi connectivity index (χ4v) is 2.49. The van der Waals surface area contributed by atoms with Gasteiger partial charge in [-0.25, -0.2) is 8.78 Å². The number of halogens is 2. The molecule has 25 heavy (non-hydrogen) atoms. The Kier molecular flexibility index (Phi) is 5.15. The molecule has 0 aliphatic rings. The first-order valence-electron chi connectivity index (χ1n) is 7.61. The molecule has 0 aromatic heterocycles. The van der Waals surface area contributed by atoms with Crippen LogP contribution in [0.3, 0.4) is 0 Å². The molecule has 0 amide bonds. The third kappa shape index (κ3) is 4.37. The van der Waals surface area contributed by atoms with Gasteiger partial charge in [0.2, 0.25) is 0 Å². The van der Waals surface area contributed by atoms with E-state index in [-0.39, 0.29) is 17.0 Å². The summed E-state index contributed by atoms with van der Waals surface area (Å²) in [6, 6.07) is 7.61. The average Bonchev–Trinajstić information content (AvgIpc) is 2.51. The molecule has 0 saturated carbocycles. The maximum atomic E-state index is 14.7. The van der Waals surface area contributed by atoms with E-state index < -0.39 is 25.5 Å². The topological polar surface area (TPSA) is 59.0 Å². The molecule has 0 saturated heterocycles. The summed E-state index contributed by atoms with van der Waals surface area (Å²) < 4.78 is 34.2. The van der Waals surface area contributed by atoms with Crippen molar-refractivity contribution >= 4 is 13.8 Å². The third-order valence-electron chi connectivity index (χ3n) is 3.32. The van der Waals surface area contributed by atoms with Crippen LogP contribution < -0.4 is 10.5 Å². The number of benzene rings is 2. The highest BCUT2D eigenvalue weighted by Gasteiger charge is 2.19. The first-order valence-corrected chi connectivity index (χ1v) is 11.1. The van der Waals surface area contributed by atoms with E-state index in [0.717, 1.165) is 11.6 Å². The molecular weight excluding hydrogens is 338 g/mol. The largest absolute Gasteiger partial charge is 0.451 e. The van der Waals surface area contributed by atoms with E-state index in [4.69, 9.17) is 15.7 Å². The van der Waals surface area contributed by atoms with Gasteiger partial charge in [-0.15, -0.1) is 5.54 Å². The zero-order chi connectivity index (χ0) is 18.8. The molecule has 6 heteroatoms. The first-order chi connectivity index (χ1) is 11.6. The molecule has 0 unspecified atom stereocenters. The molecule has 0 aliphatic carbocycles. The predicted molar refractivity (Wildman–Crippen MR) is 97.0 cm³/mol. The van der Waals surface area contributed by atoms with E-state index in [1.807, 2.05) is 25.7 Å². The van der Waals surface area contributed by atoms with Gasteiger partial charge in [0.25, 0.3) is 0 Å². The lowest BCUT2D eigenvalue weighted by Gasteiger charge is -2.12. The summed E-state index contributed by atoms with van der Waals surface area (Å²) in [6.45, 7) is 7.77. The quantitative estimate of drug-likeness (QED) is 0.480. The van der Waals surface area contributed by atoms with Crippen LogP contribution >= 0.6 is 0 Å². The van der Waals surface area contributed by atoms with Gasteiger partial charge in [-0.05, 0) is 24.6 Å². The Labute approximate surface area is 147 Å². The van der Waals surface area contributed by atoms with Gasteiger partial charge in [0, 0.05) is 6.07 Å². The van der Waals surface area contributed by atoms with Gasteiger partial charge in [0.15, 0.2) is 17.4 Å². The number of nitrogens with two attached hydrogens (primary N) is 1. The molecule has 0 spiro atoms. The zero-order valence-corrected chi connectivity index (χ0v) is 15.5. The Morgan fingerprint density at radius 2 is 1.84 bits per heavy atom. The number of nitriles is 1. The Bertz CT molecular complexity index is 932. The van der Waals surface area contributed by atoms with Crippen LogP contribution in [0.4, 0.5) is 14.5 Å². The monoisotopic (exact) mass is 356 g/mol. The number of aryl methyl sites for hydroxylation is 1. The molecule has 2 rings (SSSR count). The second-order valence-electron chi connectivity index (χ2n) is 6.66. The average molecular weight is 356 g/mol. The summed E-state index contributed by atoms with van der Waals surface area (Å²) in [5.41, 5.74) is 9.68. The van der Waals surface area contributed by atoms with Gasteiger partial charge in [-0.2, -0.15) is 5.26 Å². The highest BCUT2D eigenvalue weighted by molar-refractivity contribution is 6.83. The fraction of sp³-hybridized carbons (Fsp3) is 0.211. The molecule has 0 fully saturated rings. The smallest absolute Gasteiger partial charge is 0.200 e. The van der Waals surface area contributed by atoms with Gasteiger partial charge in [0.1, 0.15) is 13.8 Å². The third-order valence-corrected chi connectivity index (χ3v) is 4.19. The number of hydrogen-bond acceptors (Lipinski definition) is 3. The molecule has 2 aromatic rings. The van der Waals surface area contributed by atoms with Crippen molar-refractivity contribution in [3.63, 3.8) is 0 Å². The molecule has 128 valence electrons. The van der Waals surface area contributed by atoms with Crippen LogP contribution in [0.5, 0.6) is 11.5 Å². The van der Waals surface area contributed by atoms with Gasteiger partial charge >= 0.3 is 0 Å². The molecule has 0 heterocycles. The number of nitrogens with zero attached hydrogens (tertiary/aromatic N) is 1. The second kappa shape index (κ2) is 6.96. The van der Waals surface area contributed by atoms with Crippen molar-refractivity contribution in [3.05, 3.63) is 52.6 Å². The lowest BCUT2D eigenvalue weighted by molar-refractivity contribution is 0.407. The number of anilines is 1. The molecule has 2 aromatic carbocycles. The number of ether oxygens (including phenoxy) is 1. The lowest BCUT2D eigenvalue weighted by Crippen LogP contribution is -2.16. The highest BCUT2D eigenvalue weighted by Crippen LogP contribution is 2.33. The molecule has 0 radical (unpaired) electrons. The molecule has 0 bridgehead atoms. The standard InChI is InChI=1S/C19H18F2N2OSi/c1-12-5-6-14(9-13(12)11-22)24-19-16(20)10-17(23)15(18(19)21)7-8-25(2,3)4/h5-6,9-10H,23H2,1-4H3. The SMILES string of the molecule is Cc1ccc(Oc2c(F)cc(N)c(C#C[Si](C)(C)C)c2F)cc1C#N. The van der Waals surface area contributed by atoms with Gasteiger partial charge in [-0.3, -0.25) is 0 Å². The Morgan fingerprint density at radius 1 is 1.16 bits per heavy atom. The number of rotatable bonds is 2. The van der Waals surface area contributed by atoms with Crippen molar-refractivity contribution in [2.24, 2.45) is 0 Å². The van der Waals surface area contributed by atoms with Crippen LogP contribution in [-0.2, 0) is 0 Å². The van der Waals surface area contributed by atoms with Gasteiger partial charge in [0.05, 0.1) is 22.9 Å². The molecular formula is C19H18F2N2OSi. The van der Waals surface area contributed by atoms with Crippen molar-refractivity contribution in [2.75, 3.05) is 5.73 Å². The fourth-order valence-electron chi connectivity index (χ4n) is 1.99. The van der Waals surface area contributed by atoms with E-state index in [2.05, 4.69) is 11.5 Å². The summed E-state index contributed by atoms with van der Waals surface area (Å²) in [6.07, 6.45) is 0. The highest BCUT2D eigenvalue weighted by atomic mass is 28.3. The maximum absolute atomic E-state index is 14.7.